The molecule has 0 aliphatic heterocycles. The molecule has 1 amide bonds. The summed E-state index contributed by atoms with van der Waals surface area (Å²) in [7, 11) is -4.77. The average Bonchev–Trinajstić information content (AvgIpc) is 3.11. The summed E-state index contributed by atoms with van der Waals surface area (Å²) < 4.78 is 26.7. The van der Waals surface area contributed by atoms with E-state index in [4.69, 9.17) is 13.8 Å². The van der Waals surface area contributed by atoms with Crippen molar-refractivity contribution in [1.29, 1.82) is 0 Å². The number of carboxylic acid groups (broad SMARTS) is 1. The summed E-state index contributed by atoms with van der Waals surface area (Å²) in [6, 6.07) is -1.58. The molecule has 11 nitrogen and oxygen atoms in total. The van der Waals surface area contributed by atoms with Gasteiger partial charge in [-0.05, 0) is 83.5 Å². The standard InChI is InChI=1S/C40H64NO10P/c1-3-5-7-9-11-13-15-17-18-20-21-23-25-27-29-31-38(43)41-37(40(45)46)35-51-52(47,48)50-34-36(42)33-49-39(44)32-30-28-26-24-22-19-16-14-12-10-8-6-4-2/h5-8,11-14,17-19,21-23,36-37,42H,3-4,9-10,15-16,20,24-35H2,1-2H3,(H,41,43)(H,45,46)(H,47,48)/b7-5-,8-6-,13-11-,14-12-,18-17-,22-19-,23-21-. The van der Waals surface area contributed by atoms with E-state index in [1.807, 2.05) is 6.08 Å². The molecule has 0 aliphatic rings. The molecule has 52 heavy (non-hydrogen) atoms. The minimum absolute atomic E-state index is 0.0860. The van der Waals surface area contributed by atoms with Crippen LogP contribution in [0.3, 0.4) is 0 Å². The van der Waals surface area contributed by atoms with Crippen molar-refractivity contribution in [2.75, 3.05) is 19.8 Å². The van der Waals surface area contributed by atoms with Gasteiger partial charge in [0.1, 0.15) is 12.7 Å². The molecular weight excluding hydrogens is 685 g/mol. The summed E-state index contributed by atoms with van der Waals surface area (Å²) in [5.74, 6) is -2.48. The van der Waals surface area contributed by atoms with Gasteiger partial charge < -0.3 is 25.2 Å². The third-order valence-corrected chi connectivity index (χ3v) is 8.13. The third-order valence-electron chi connectivity index (χ3n) is 7.18. The second-order valence-corrected chi connectivity index (χ2v) is 13.4. The van der Waals surface area contributed by atoms with E-state index in [-0.39, 0.29) is 12.8 Å². The van der Waals surface area contributed by atoms with Crippen LogP contribution < -0.4 is 5.32 Å². The third kappa shape index (κ3) is 33.8. The van der Waals surface area contributed by atoms with E-state index in [0.29, 0.717) is 12.8 Å². The van der Waals surface area contributed by atoms with Crippen molar-refractivity contribution < 1.29 is 47.8 Å². The van der Waals surface area contributed by atoms with E-state index in [2.05, 4.69) is 98.2 Å². The van der Waals surface area contributed by atoms with E-state index in [1.54, 1.807) is 0 Å². The maximum absolute atomic E-state index is 12.2. The minimum Gasteiger partial charge on any atom is -0.480 e. The van der Waals surface area contributed by atoms with Gasteiger partial charge in [0.05, 0.1) is 13.2 Å². The molecule has 0 saturated heterocycles. The number of carboxylic acids is 1. The second kappa shape index (κ2) is 34.7. The zero-order valence-electron chi connectivity index (χ0n) is 31.3. The van der Waals surface area contributed by atoms with Crippen molar-refractivity contribution in [2.24, 2.45) is 0 Å². The van der Waals surface area contributed by atoms with Crippen LogP contribution in [0.1, 0.15) is 117 Å². The molecule has 0 spiro atoms. The number of carbonyl (C=O) groups excluding carboxylic acids is 2. The number of allylic oxidation sites excluding steroid dienone is 14. The van der Waals surface area contributed by atoms with Crippen LogP contribution in [0.25, 0.3) is 0 Å². The Hall–Kier alpha value is -3.34. The molecule has 3 atom stereocenters. The number of phosphoric ester groups is 1. The lowest BCUT2D eigenvalue weighted by atomic mass is 10.1. The highest BCUT2D eigenvalue weighted by Crippen LogP contribution is 2.43. The van der Waals surface area contributed by atoms with Crippen LogP contribution in [0.2, 0.25) is 0 Å². The molecule has 4 N–H and O–H groups in total. The maximum atomic E-state index is 12.2. The predicted octanol–water partition coefficient (Wildman–Crippen LogP) is 8.77. The van der Waals surface area contributed by atoms with Crippen molar-refractivity contribution in [3.63, 3.8) is 0 Å². The summed E-state index contributed by atoms with van der Waals surface area (Å²) in [6.07, 6.45) is 40.5. The van der Waals surface area contributed by atoms with Crippen molar-refractivity contribution in [3.05, 3.63) is 85.1 Å². The molecule has 0 rings (SSSR count). The van der Waals surface area contributed by atoms with E-state index < -0.39 is 57.6 Å². The van der Waals surface area contributed by atoms with E-state index >= 15 is 0 Å². The molecule has 0 saturated carbocycles. The number of amides is 1. The topological polar surface area (TPSA) is 169 Å². The summed E-state index contributed by atoms with van der Waals surface area (Å²) >= 11 is 0. The number of aliphatic hydroxyl groups is 1. The quantitative estimate of drug-likeness (QED) is 0.0220. The Morgan fingerprint density at radius 2 is 1.06 bits per heavy atom. The van der Waals surface area contributed by atoms with Crippen LogP contribution in [-0.4, -0.2) is 64.9 Å². The fourth-order valence-electron chi connectivity index (χ4n) is 4.32. The monoisotopic (exact) mass is 749 g/mol. The molecule has 0 fully saturated rings. The van der Waals surface area contributed by atoms with Crippen LogP contribution in [0.4, 0.5) is 0 Å². The number of hydrogen-bond donors (Lipinski definition) is 4. The Morgan fingerprint density at radius 3 is 1.56 bits per heavy atom. The highest BCUT2D eigenvalue weighted by atomic mass is 31.2. The van der Waals surface area contributed by atoms with Gasteiger partial charge in [0.2, 0.25) is 5.91 Å². The fraction of sp³-hybridized carbons (Fsp3) is 0.575. The average molecular weight is 750 g/mol. The first kappa shape index (κ1) is 48.7. The predicted molar refractivity (Wildman–Crippen MR) is 207 cm³/mol. The van der Waals surface area contributed by atoms with Gasteiger partial charge in [0.15, 0.2) is 6.04 Å². The highest BCUT2D eigenvalue weighted by Gasteiger charge is 2.28. The molecule has 0 aromatic heterocycles. The van der Waals surface area contributed by atoms with Gasteiger partial charge >= 0.3 is 19.8 Å². The van der Waals surface area contributed by atoms with Crippen molar-refractivity contribution >= 4 is 25.7 Å². The van der Waals surface area contributed by atoms with E-state index in [1.165, 1.54) is 0 Å². The van der Waals surface area contributed by atoms with Gasteiger partial charge in [0, 0.05) is 12.8 Å². The lowest BCUT2D eigenvalue weighted by molar-refractivity contribution is -0.147. The molecule has 0 aromatic rings. The number of aliphatic carboxylic acids is 1. The number of hydrogen-bond acceptors (Lipinski definition) is 8. The Balaban J connectivity index is 4.10. The summed E-state index contributed by atoms with van der Waals surface area (Å²) in [4.78, 5) is 45.7. The summed E-state index contributed by atoms with van der Waals surface area (Å²) in [6.45, 7) is 2.25. The molecular formula is C40H64NO10P. The van der Waals surface area contributed by atoms with Crippen molar-refractivity contribution in [3.8, 4) is 0 Å². The minimum atomic E-state index is -4.77. The van der Waals surface area contributed by atoms with Crippen LogP contribution in [0, 0.1) is 0 Å². The number of ether oxygens (including phenoxy) is 1. The van der Waals surface area contributed by atoms with Crippen molar-refractivity contribution in [2.45, 2.75) is 129 Å². The van der Waals surface area contributed by atoms with Gasteiger partial charge in [-0.3, -0.25) is 18.6 Å². The molecule has 0 bridgehead atoms. The number of esters is 1. The van der Waals surface area contributed by atoms with Gasteiger partial charge in [-0.15, -0.1) is 0 Å². The van der Waals surface area contributed by atoms with Crippen LogP contribution in [0.5, 0.6) is 0 Å². The van der Waals surface area contributed by atoms with E-state index in [9.17, 15) is 34.1 Å². The Bertz CT molecular complexity index is 1200. The molecule has 294 valence electrons. The molecule has 3 unspecified atom stereocenters. The highest BCUT2D eigenvalue weighted by molar-refractivity contribution is 7.47. The Labute approximate surface area is 311 Å². The lowest BCUT2D eigenvalue weighted by Gasteiger charge is -2.18. The second-order valence-electron chi connectivity index (χ2n) is 12.0. The number of carbonyl (C=O) groups is 3. The lowest BCUT2D eigenvalue weighted by Crippen LogP contribution is -2.43. The molecule has 0 aliphatic carbocycles. The maximum Gasteiger partial charge on any atom is 0.472 e. The molecule has 0 heterocycles. The molecule has 12 heteroatoms. The van der Waals surface area contributed by atoms with Gasteiger partial charge in [-0.1, -0.05) is 105 Å². The largest absolute Gasteiger partial charge is 0.480 e. The summed E-state index contributed by atoms with van der Waals surface area (Å²) in [5, 5.41) is 21.7. The first-order chi connectivity index (χ1) is 25.1. The SMILES string of the molecule is CC/C=C\C/C=C\C/C=C\C/C=C\CCCCC(=O)NC(COP(=O)(O)OCC(O)COC(=O)CCCCC/C=C\C/C=C\C/C=C\CC)C(=O)O. The number of rotatable bonds is 33. The van der Waals surface area contributed by atoms with E-state index in [0.717, 1.165) is 77.0 Å². The fourth-order valence-corrected chi connectivity index (χ4v) is 5.09. The Morgan fingerprint density at radius 1 is 0.615 bits per heavy atom. The number of nitrogens with one attached hydrogen (secondary N) is 1. The number of aliphatic hydroxyl groups excluding tert-OH is 1. The number of unbranched alkanes of at least 4 members (excludes halogenated alkanes) is 5. The smallest absolute Gasteiger partial charge is 0.472 e. The van der Waals surface area contributed by atoms with Gasteiger partial charge in [-0.25, -0.2) is 9.36 Å². The van der Waals surface area contributed by atoms with Crippen LogP contribution >= 0.6 is 7.82 Å². The van der Waals surface area contributed by atoms with Crippen LogP contribution in [-0.2, 0) is 32.7 Å². The van der Waals surface area contributed by atoms with Crippen molar-refractivity contribution in [1.82, 2.24) is 5.32 Å². The zero-order valence-corrected chi connectivity index (χ0v) is 32.2. The van der Waals surface area contributed by atoms with Gasteiger partial charge in [-0.2, -0.15) is 0 Å². The normalized spacial score (nSPS) is 14.8. The molecule has 0 aromatic carbocycles. The summed E-state index contributed by atoms with van der Waals surface area (Å²) in [5.41, 5.74) is 0. The van der Waals surface area contributed by atoms with Crippen LogP contribution in [0.15, 0.2) is 85.1 Å². The van der Waals surface area contributed by atoms with Gasteiger partial charge in [0.25, 0.3) is 0 Å². The first-order valence-corrected chi connectivity index (χ1v) is 20.1. The molecule has 0 radical (unpaired) electrons. The number of phosphoric acid groups is 1. The Kier molecular flexibility index (Phi) is 32.5. The first-order valence-electron chi connectivity index (χ1n) is 18.6. The zero-order chi connectivity index (χ0) is 38.5.